The van der Waals surface area contributed by atoms with Gasteiger partial charge in [-0.05, 0) is 50.6 Å². The molecule has 2 unspecified atom stereocenters. The van der Waals surface area contributed by atoms with Crippen LogP contribution in [0.15, 0.2) is 11.4 Å². The Kier molecular flexibility index (Phi) is 5.62. The quantitative estimate of drug-likeness (QED) is 0.824. The molecule has 2 aliphatic carbocycles. The molecule has 1 aromatic rings. The largest absolute Gasteiger partial charge is 0.381 e. The maximum absolute atomic E-state index is 12.3. The molecule has 1 saturated heterocycles. The van der Waals surface area contributed by atoms with Crippen molar-refractivity contribution in [3.05, 3.63) is 21.9 Å². The molecule has 2 heterocycles. The van der Waals surface area contributed by atoms with Crippen molar-refractivity contribution in [2.75, 3.05) is 19.8 Å². The first-order valence-electron chi connectivity index (χ1n) is 8.50. The van der Waals surface area contributed by atoms with Gasteiger partial charge in [-0.15, -0.1) is 23.7 Å². The molecular weight excluding hydrogens is 332 g/mol. The number of amides is 1. The van der Waals surface area contributed by atoms with E-state index in [-0.39, 0.29) is 24.4 Å². The molecule has 0 radical (unpaired) electrons. The summed E-state index contributed by atoms with van der Waals surface area (Å²) in [6.45, 7) is 2.70. The van der Waals surface area contributed by atoms with E-state index < -0.39 is 0 Å². The fraction of sp³-hybridized carbons (Fsp3) is 0.706. The van der Waals surface area contributed by atoms with Gasteiger partial charge in [0.15, 0.2) is 0 Å². The van der Waals surface area contributed by atoms with Crippen molar-refractivity contribution in [1.29, 1.82) is 0 Å². The van der Waals surface area contributed by atoms with Gasteiger partial charge in [0.05, 0.1) is 5.56 Å². The number of thiophene rings is 1. The van der Waals surface area contributed by atoms with E-state index in [1.165, 1.54) is 30.7 Å². The van der Waals surface area contributed by atoms with Gasteiger partial charge >= 0.3 is 0 Å². The van der Waals surface area contributed by atoms with Crippen molar-refractivity contribution in [3.8, 4) is 0 Å². The first kappa shape index (κ1) is 17.2. The summed E-state index contributed by atoms with van der Waals surface area (Å²) in [5, 5.41) is 8.82. The summed E-state index contributed by atoms with van der Waals surface area (Å²) in [5.74, 6) is 1.65. The van der Waals surface area contributed by atoms with Crippen molar-refractivity contribution >= 4 is 29.7 Å². The lowest BCUT2D eigenvalue weighted by Crippen LogP contribution is -2.38. The van der Waals surface area contributed by atoms with E-state index in [0.29, 0.717) is 12.0 Å². The third kappa shape index (κ3) is 4.47. The predicted molar refractivity (Wildman–Crippen MR) is 94.7 cm³/mol. The summed E-state index contributed by atoms with van der Waals surface area (Å²) in [5.41, 5.74) is 0.833. The van der Waals surface area contributed by atoms with E-state index in [1.54, 1.807) is 11.3 Å². The molecule has 1 aromatic heterocycles. The van der Waals surface area contributed by atoms with Gasteiger partial charge < -0.3 is 15.4 Å². The maximum atomic E-state index is 12.3. The Hall–Kier alpha value is -0.620. The Bertz CT molecular complexity index is 540. The molecule has 2 N–H and O–H groups in total. The lowest BCUT2D eigenvalue weighted by atomic mass is 10.1. The normalized spacial score (nSPS) is 27.3. The molecule has 0 spiro atoms. The van der Waals surface area contributed by atoms with Crippen LogP contribution in [-0.4, -0.2) is 37.7 Å². The number of carbonyl (C=O) groups is 1. The molecule has 4 rings (SSSR count). The third-order valence-electron chi connectivity index (χ3n) is 4.96. The van der Waals surface area contributed by atoms with E-state index in [1.807, 2.05) is 5.38 Å². The van der Waals surface area contributed by atoms with Gasteiger partial charge in [0.2, 0.25) is 0 Å². The lowest BCUT2D eigenvalue weighted by Gasteiger charge is -2.22. The molecule has 2 saturated carbocycles. The van der Waals surface area contributed by atoms with Crippen molar-refractivity contribution < 1.29 is 9.53 Å². The Labute approximate surface area is 147 Å². The van der Waals surface area contributed by atoms with Crippen LogP contribution in [0.5, 0.6) is 0 Å². The van der Waals surface area contributed by atoms with Gasteiger partial charge in [0, 0.05) is 41.5 Å². The molecular formula is C17H25ClN2O2S. The highest BCUT2D eigenvalue weighted by molar-refractivity contribution is 7.10. The highest BCUT2D eigenvalue weighted by atomic mass is 35.5. The summed E-state index contributed by atoms with van der Waals surface area (Å²) < 4.78 is 5.33. The standard InChI is InChI=1S/C17H24N2O2S.ClH/c20-17(19-13-3-5-21-6-4-13)12-7-16(22-10-12)14-8-15(14)18-9-11-1-2-11;/h7,10-11,13-15,18H,1-6,8-9H2,(H,19,20);1H. The number of rotatable bonds is 6. The topological polar surface area (TPSA) is 50.4 Å². The molecule has 6 heteroatoms. The van der Waals surface area contributed by atoms with Crippen LogP contribution in [0.2, 0.25) is 0 Å². The zero-order valence-corrected chi connectivity index (χ0v) is 14.9. The Balaban J connectivity index is 0.00000156. The smallest absolute Gasteiger partial charge is 0.252 e. The van der Waals surface area contributed by atoms with Gasteiger partial charge in [0.25, 0.3) is 5.91 Å². The first-order valence-corrected chi connectivity index (χ1v) is 9.38. The Morgan fingerprint density at radius 2 is 2.04 bits per heavy atom. The van der Waals surface area contributed by atoms with Crippen LogP contribution in [0.1, 0.15) is 53.3 Å². The lowest BCUT2D eigenvalue weighted by molar-refractivity contribution is 0.0696. The van der Waals surface area contributed by atoms with E-state index in [2.05, 4.69) is 16.7 Å². The second kappa shape index (κ2) is 7.51. The number of hydrogen-bond donors (Lipinski definition) is 2. The number of halogens is 1. The maximum Gasteiger partial charge on any atom is 0.252 e. The summed E-state index contributed by atoms with van der Waals surface area (Å²) >= 11 is 1.74. The summed E-state index contributed by atoms with van der Waals surface area (Å²) in [4.78, 5) is 13.7. The number of hydrogen-bond acceptors (Lipinski definition) is 4. The monoisotopic (exact) mass is 356 g/mol. The van der Waals surface area contributed by atoms with E-state index in [9.17, 15) is 4.79 Å². The van der Waals surface area contributed by atoms with Crippen LogP contribution >= 0.6 is 23.7 Å². The van der Waals surface area contributed by atoms with Crippen LogP contribution in [0, 0.1) is 5.92 Å². The van der Waals surface area contributed by atoms with Gasteiger partial charge in [-0.2, -0.15) is 0 Å². The van der Waals surface area contributed by atoms with Gasteiger partial charge in [-0.1, -0.05) is 0 Å². The molecule has 128 valence electrons. The SMILES string of the molecule is Cl.O=C(NC1CCOCC1)c1csc(C2CC2NCC2CC2)c1. The minimum Gasteiger partial charge on any atom is -0.381 e. The van der Waals surface area contributed by atoms with Gasteiger partial charge in [0.1, 0.15) is 0 Å². The average molecular weight is 357 g/mol. The van der Waals surface area contributed by atoms with Crippen molar-refractivity contribution in [3.63, 3.8) is 0 Å². The number of ether oxygens (including phenoxy) is 1. The molecule has 3 aliphatic rings. The van der Waals surface area contributed by atoms with Crippen LogP contribution in [0.3, 0.4) is 0 Å². The van der Waals surface area contributed by atoms with Crippen LogP contribution in [0.4, 0.5) is 0 Å². The highest BCUT2D eigenvalue weighted by Crippen LogP contribution is 2.44. The predicted octanol–water partition coefficient (Wildman–Crippen LogP) is 2.93. The number of carbonyl (C=O) groups excluding carboxylic acids is 1. The molecule has 1 aliphatic heterocycles. The molecule has 0 aromatic carbocycles. The summed E-state index contributed by atoms with van der Waals surface area (Å²) in [6, 6.07) is 3.02. The zero-order chi connectivity index (χ0) is 14.9. The minimum atomic E-state index is 0. The van der Waals surface area contributed by atoms with E-state index in [0.717, 1.165) is 37.5 Å². The first-order chi connectivity index (χ1) is 10.8. The fourth-order valence-corrected chi connectivity index (χ4v) is 4.22. The zero-order valence-electron chi connectivity index (χ0n) is 13.3. The molecule has 3 fully saturated rings. The Morgan fingerprint density at radius 3 is 2.78 bits per heavy atom. The average Bonchev–Trinajstić information content (AvgIpc) is 3.45. The minimum absolute atomic E-state index is 0. The van der Waals surface area contributed by atoms with Crippen LogP contribution in [-0.2, 0) is 4.74 Å². The molecule has 2 atom stereocenters. The molecule has 4 nitrogen and oxygen atoms in total. The summed E-state index contributed by atoms with van der Waals surface area (Å²) in [7, 11) is 0. The molecule has 0 bridgehead atoms. The van der Waals surface area contributed by atoms with E-state index in [4.69, 9.17) is 4.74 Å². The molecule has 1 amide bonds. The molecule has 23 heavy (non-hydrogen) atoms. The fourth-order valence-electron chi connectivity index (χ4n) is 3.15. The second-order valence-corrected chi connectivity index (χ2v) is 7.84. The Morgan fingerprint density at radius 1 is 1.26 bits per heavy atom. The van der Waals surface area contributed by atoms with Gasteiger partial charge in [-0.3, -0.25) is 4.79 Å². The highest BCUT2D eigenvalue weighted by Gasteiger charge is 2.40. The van der Waals surface area contributed by atoms with Crippen molar-refractivity contribution in [2.24, 2.45) is 5.92 Å². The van der Waals surface area contributed by atoms with Crippen molar-refractivity contribution in [1.82, 2.24) is 10.6 Å². The van der Waals surface area contributed by atoms with Gasteiger partial charge in [-0.25, -0.2) is 0 Å². The third-order valence-corrected chi connectivity index (χ3v) is 6.02. The second-order valence-electron chi connectivity index (χ2n) is 6.90. The summed E-state index contributed by atoms with van der Waals surface area (Å²) in [6.07, 6.45) is 5.89. The van der Waals surface area contributed by atoms with E-state index >= 15 is 0 Å². The van der Waals surface area contributed by atoms with Crippen LogP contribution < -0.4 is 10.6 Å². The number of nitrogens with one attached hydrogen (secondary N) is 2. The van der Waals surface area contributed by atoms with Crippen LogP contribution in [0.25, 0.3) is 0 Å². The van der Waals surface area contributed by atoms with Crippen molar-refractivity contribution in [2.45, 2.75) is 50.1 Å².